The van der Waals surface area contributed by atoms with E-state index in [9.17, 15) is 9.59 Å². The van der Waals surface area contributed by atoms with Crippen LogP contribution < -0.4 is 10.9 Å². The number of carbonyl (C=O) groups excluding carboxylic acids is 1. The number of amides is 1. The monoisotopic (exact) mass is 321 g/mol. The zero-order valence-electron chi connectivity index (χ0n) is 12.5. The van der Waals surface area contributed by atoms with Gasteiger partial charge in [0.05, 0.1) is 0 Å². The highest BCUT2D eigenvalue weighted by Gasteiger charge is 2.22. The van der Waals surface area contributed by atoms with Crippen LogP contribution in [0.1, 0.15) is 22.3 Å². The highest BCUT2D eigenvalue weighted by Crippen LogP contribution is 2.18. The number of nitrogens with zero attached hydrogens (tertiary/aromatic N) is 1. The molecule has 0 saturated carbocycles. The fourth-order valence-corrected chi connectivity index (χ4v) is 2.87. The lowest BCUT2D eigenvalue weighted by Crippen LogP contribution is -2.37. The molecule has 0 unspecified atom stereocenters. The van der Waals surface area contributed by atoms with Crippen molar-refractivity contribution in [1.82, 2.24) is 15.2 Å². The summed E-state index contributed by atoms with van der Waals surface area (Å²) in [5.74, 6) is -0.164. The van der Waals surface area contributed by atoms with E-state index in [1.54, 1.807) is 4.90 Å². The van der Waals surface area contributed by atoms with Gasteiger partial charge in [-0.25, -0.2) is 0 Å². The molecule has 0 spiro atoms. The lowest BCUT2D eigenvalue weighted by atomic mass is 10.0. The molecule has 22 heavy (non-hydrogen) atoms. The van der Waals surface area contributed by atoms with Crippen molar-refractivity contribution in [3.05, 3.63) is 45.7 Å². The number of aryl methyl sites for hydroxylation is 1. The Morgan fingerprint density at radius 1 is 1.18 bits per heavy atom. The largest absolute Gasteiger partial charge is 0.337 e. The molecule has 0 radical (unpaired) electrons. The summed E-state index contributed by atoms with van der Waals surface area (Å²) in [6, 6.07) is 7.58. The lowest BCUT2D eigenvalue weighted by Gasteiger charge is -2.20. The first-order valence-electron chi connectivity index (χ1n) is 7.30. The quantitative estimate of drug-likeness (QED) is 0.840. The number of carbonyl (C=O) groups is 1. The maximum absolute atomic E-state index is 12.7. The van der Waals surface area contributed by atoms with Gasteiger partial charge in [0.15, 0.2) is 0 Å². The summed E-state index contributed by atoms with van der Waals surface area (Å²) in [6.07, 6.45) is 0.913. The van der Waals surface area contributed by atoms with Crippen LogP contribution >= 0.6 is 12.4 Å². The zero-order chi connectivity index (χ0) is 14.8. The molecule has 118 valence electrons. The van der Waals surface area contributed by atoms with E-state index in [0.29, 0.717) is 13.1 Å². The standard InChI is InChI=1S/C16H19N3O2.ClH/c1-11-12-5-2-3-6-13(12)18-15(20)14(11)16(21)19-9-4-7-17-8-10-19;/h2-3,5-6,17H,4,7-10H2,1H3,(H,18,20);1H. The number of nitrogens with one attached hydrogen (secondary N) is 2. The van der Waals surface area contributed by atoms with Gasteiger partial charge in [-0.3, -0.25) is 9.59 Å². The van der Waals surface area contributed by atoms with Gasteiger partial charge >= 0.3 is 0 Å². The first kappa shape index (κ1) is 16.5. The van der Waals surface area contributed by atoms with Gasteiger partial charge < -0.3 is 15.2 Å². The third-order valence-corrected chi connectivity index (χ3v) is 4.02. The Balaban J connectivity index is 0.00000176. The van der Waals surface area contributed by atoms with Crippen LogP contribution in [0, 0.1) is 6.92 Å². The Morgan fingerprint density at radius 2 is 1.95 bits per heavy atom. The van der Waals surface area contributed by atoms with Crippen molar-refractivity contribution < 1.29 is 4.79 Å². The van der Waals surface area contributed by atoms with E-state index in [1.165, 1.54) is 0 Å². The molecule has 6 heteroatoms. The SMILES string of the molecule is Cc1c(C(=O)N2CCCNCC2)c(=O)[nH]c2ccccc12.Cl. The number of halogens is 1. The van der Waals surface area contributed by atoms with E-state index >= 15 is 0 Å². The molecule has 1 amide bonds. The Labute approximate surface area is 135 Å². The summed E-state index contributed by atoms with van der Waals surface area (Å²) in [5, 5.41) is 4.19. The van der Waals surface area contributed by atoms with Crippen molar-refractivity contribution in [2.45, 2.75) is 13.3 Å². The van der Waals surface area contributed by atoms with E-state index in [4.69, 9.17) is 0 Å². The fraction of sp³-hybridized carbons (Fsp3) is 0.375. The average Bonchev–Trinajstić information content (AvgIpc) is 2.76. The number of pyridine rings is 1. The van der Waals surface area contributed by atoms with Crippen molar-refractivity contribution in [2.24, 2.45) is 0 Å². The van der Waals surface area contributed by atoms with Gasteiger partial charge in [-0.05, 0) is 31.5 Å². The van der Waals surface area contributed by atoms with E-state index in [-0.39, 0.29) is 29.4 Å². The predicted octanol–water partition coefficient (Wildman–Crippen LogP) is 1.69. The molecule has 2 heterocycles. The smallest absolute Gasteiger partial charge is 0.261 e. The fourth-order valence-electron chi connectivity index (χ4n) is 2.87. The van der Waals surface area contributed by atoms with Crippen molar-refractivity contribution in [1.29, 1.82) is 0 Å². The van der Waals surface area contributed by atoms with E-state index in [1.807, 2.05) is 31.2 Å². The van der Waals surface area contributed by atoms with Crippen molar-refractivity contribution in [3.8, 4) is 0 Å². The first-order chi connectivity index (χ1) is 10.2. The van der Waals surface area contributed by atoms with E-state index in [0.717, 1.165) is 36.0 Å². The number of aromatic amines is 1. The average molecular weight is 322 g/mol. The Hall–Kier alpha value is -1.85. The Kier molecular flexibility index (Phi) is 5.21. The van der Waals surface area contributed by atoms with Gasteiger partial charge in [-0.2, -0.15) is 0 Å². The summed E-state index contributed by atoms with van der Waals surface area (Å²) >= 11 is 0. The lowest BCUT2D eigenvalue weighted by molar-refractivity contribution is 0.0764. The van der Waals surface area contributed by atoms with Crippen LogP contribution in [0.4, 0.5) is 0 Å². The molecule has 0 aliphatic carbocycles. The van der Waals surface area contributed by atoms with Crippen molar-refractivity contribution in [3.63, 3.8) is 0 Å². The molecule has 2 N–H and O–H groups in total. The number of aromatic nitrogens is 1. The Morgan fingerprint density at radius 3 is 2.77 bits per heavy atom. The molecule has 1 fully saturated rings. The number of hydrogen-bond donors (Lipinski definition) is 2. The van der Waals surface area contributed by atoms with Crippen LogP contribution in [0.5, 0.6) is 0 Å². The van der Waals surface area contributed by atoms with E-state index in [2.05, 4.69) is 10.3 Å². The number of H-pyrrole nitrogens is 1. The van der Waals surface area contributed by atoms with Crippen molar-refractivity contribution >= 4 is 29.2 Å². The normalized spacial score (nSPS) is 15.2. The third-order valence-electron chi connectivity index (χ3n) is 4.02. The minimum absolute atomic E-state index is 0. The maximum atomic E-state index is 12.7. The number of hydrogen-bond acceptors (Lipinski definition) is 3. The molecular weight excluding hydrogens is 302 g/mol. The van der Waals surface area contributed by atoms with Gasteiger partial charge in [0.2, 0.25) is 0 Å². The molecule has 1 aliphatic rings. The minimum Gasteiger partial charge on any atom is -0.337 e. The highest BCUT2D eigenvalue weighted by atomic mass is 35.5. The van der Waals surface area contributed by atoms with Crippen LogP contribution in [0.15, 0.2) is 29.1 Å². The van der Waals surface area contributed by atoms with Gasteiger partial charge in [0.25, 0.3) is 11.5 Å². The van der Waals surface area contributed by atoms with Crippen LogP contribution in [0.3, 0.4) is 0 Å². The number of rotatable bonds is 1. The van der Waals surface area contributed by atoms with Gasteiger partial charge in [-0.1, -0.05) is 18.2 Å². The van der Waals surface area contributed by atoms with Crippen LogP contribution in [-0.4, -0.2) is 42.0 Å². The number of para-hydroxylation sites is 1. The second-order valence-electron chi connectivity index (χ2n) is 5.40. The summed E-state index contributed by atoms with van der Waals surface area (Å²) < 4.78 is 0. The zero-order valence-corrected chi connectivity index (χ0v) is 13.3. The van der Waals surface area contributed by atoms with Crippen LogP contribution in [0.2, 0.25) is 0 Å². The van der Waals surface area contributed by atoms with Crippen LogP contribution in [0.25, 0.3) is 10.9 Å². The van der Waals surface area contributed by atoms with Crippen LogP contribution in [-0.2, 0) is 0 Å². The third kappa shape index (κ3) is 3.00. The second kappa shape index (κ2) is 6.94. The number of benzene rings is 1. The maximum Gasteiger partial charge on any atom is 0.261 e. The first-order valence-corrected chi connectivity index (χ1v) is 7.30. The molecule has 1 aliphatic heterocycles. The van der Waals surface area contributed by atoms with Crippen molar-refractivity contribution in [2.75, 3.05) is 26.2 Å². The minimum atomic E-state index is -0.298. The summed E-state index contributed by atoms with van der Waals surface area (Å²) in [6.45, 7) is 4.87. The second-order valence-corrected chi connectivity index (χ2v) is 5.40. The molecule has 1 saturated heterocycles. The van der Waals surface area contributed by atoms with Gasteiger partial charge in [0, 0.05) is 30.5 Å². The Bertz CT molecular complexity index is 734. The molecule has 2 aromatic rings. The predicted molar refractivity (Wildman–Crippen MR) is 89.9 cm³/mol. The molecule has 0 bridgehead atoms. The van der Waals surface area contributed by atoms with E-state index < -0.39 is 0 Å². The molecule has 3 rings (SSSR count). The molecule has 5 nitrogen and oxygen atoms in total. The topological polar surface area (TPSA) is 65.2 Å². The highest BCUT2D eigenvalue weighted by molar-refractivity contribution is 5.99. The summed E-state index contributed by atoms with van der Waals surface area (Å²) in [4.78, 5) is 29.6. The van der Waals surface area contributed by atoms with Gasteiger partial charge in [-0.15, -0.1) is 12.4 Å². The number of fused-ring (bicyclic) bond motifs is 1. The summed E-state index contributed by atoms with van der Waals surface area (Å²) in [7, 11) is 0. The summed E-state index contributed by atoms with van der Waals surface area (Å²) in [5.41, 5.74) is 1.51. The van der Waals surface area contributed by atoms with Gasteiger partial charge in [0.1, 0.15) is 5.56 Å². The molecule has 1 aromatic carbocycles. The molecule has 0 atom stereocenters. The molecular formula is C16H20ClN3O2. The molecule has 1 aromatic heterocycles.